The fourth-order valence-electron chi connectivity index (χ4n) is 2.60. The third kappa shape index (κ3) is 1.96. The van der Waals surface area contributed by atoms with Crippen LogP contribution in [0.1, 0.15) is 39.5 Å². The molecule has 0 amide bonds. The number of nitrogens with zero attached hydrogens (tertiary/aromatic N) is 1. The van der Waals surface area contributed by atoms with Gasteiger partial charge in [0.2, 0.25) is 0 Å². The van der Waals surface area contributed by atoms with Crippen LogP contribution in [0.4, 0.5) is 0 Å². The molecule has 1 aliphatic rings. The van der Waals surface area contributed by atoms with Crippen molar-refractivity contribution < 1.29 is 9.53 Å². The summed E-state index contributed by atoms with van der Waals surface area (Å²) in [6.07, 6.45) is 5.05. The van der Waals surface area contributed by atoms with Gasteiger partial charge in [-0.1, -0.05) is 36.8 Å². The average Bonchev–Trinajstić information content (AvgIpc) is 2.88. The van der Waals surface area contributed by atoms with Gasteiger partial charge in [0.1, 0.15) is 9.88 Å². The second kappa shape index (κ2) is 4.78. The quantitative estimate of drug-likeness (QED) is 0.805. The molecule has 1 aromatic carbocycles. The molecule has 3 rings (SSSR count). The first-order valence-corrected chi connectivity index (χ1v) is 7.18. The number of benzene rings is 1. The minimum atomic E-state index is -0.300. The molecule has 4 heteroatoms. The van der Waals surface area contributed by atoms with Crippen LogP contribution in [-0.4, -0.2) is 18.1 Å². The van der Waals surface area contributed by atoms with Crippen molar-refractivity contribution in [1.29, 1.82) is 0 Å². The monoisotopic (exact) mass is 273 g/mol. The summed E-state index contributed by atoms with van der Waals surface area (Å²) in [6, 6.07) is 10.4. The van der Waals surface area contributed by atoms with Crippen LogP contribution >= 0.6 is 11.3 Å². The Labute approximate surface area is 116 Å². The normalized spacial score (nSPS) is 16.7. The summed E-state index contributed by atoms with van der Waals surface area (Å²) in [5, 5.41) is 1.03. The molecular weight excluding hydrogens is 258 g/mol. The topological polar surface area (TPSA) is 39.2 Å². The minimum Gasteiger partial charge on any atom is -0.465 e. The van der Waals surface area contributed by atoms with Crippen molar-refractivity contribution in [3.05, 3.63) is 52.0 Å². The number of thiazole rings is 1. The Hall–Kier alpha value is -1.68. The molecule has 2 aromatic rings. The summed E-state index contributed by atoms with van der Waals surface area (Å²) >= 11 is 1.46. The van der Waals surface area contributed by atoms with E-state index < -0.39 is 0 Å². The Morgan fingerprint density at radius 2 is 2.05 bits per heavy atom. The first kappa shape index (κ1) is 12.4. The van der Waals surface area contributed by atoms with Crippen LogP contribution in [0.15, 0.2) is 36.5 Å². The van der Waals surface area contributed by atoms with Crippen molar-refractivity contribution in [2.45, 2.75) is 24.7 Å². The Morgan fingerprint density at radius 1 is 1.32 bits per heavy atom. The van der Waals surface area contributed by atoms with Crippen molar-refractivity contribution in [3.8, 4) is 0 Å². The third-order valence-electron chi connectivity index (χ3n) is 3.84. The maximum atomic E-state index is 11.5. The van der Waals surface area contributed by atoms with Gasteiger partial charge in [0.15, 0.2) is 0 Å². The Morgan fingerprint density at radius 3 is 2.63 bits per heavy atom. The first-order chi connectivity index (χ1) is 9.26. The molecule has 1 aliphatic carbocycles. The Balaban J connectivity index is 1.99. The van der Waals surface area contributed by atoms with E-state index in [9.17, 15) is 4.79 Å². The molecule has 0 spiro atoms. The van der Waals surface area contributed by atoms with Gasteiger partial charge >= 0.3 is 5.97 Å². The molecule has 3 nitrogen and oxygen atoms in total. The van der Waals surface area contributed by atoms with Gasteiger partial charge in [-0.25, -0.2) is 9.78 Å². The number of hydrogen-bond donors (Lipinski definition) is 0. The number of carbonyl (C=O) groups excluding carboxylic acids is 1. The van der Waals surface area contributed by atoms with Crippen LogP contribution in [0, 0.1) is 0 Å². The van der Waals surface area contributed by atoms with Crippen LogP contribution in [0.25, 0.3) is 0 Å². The molecule has 0 atom stereocenters. The van der Waals surface area contributed by atoms with Crippen molar-refractivity contribution in [3.63, 3.8) is 0 Å². The number of carbonyl (C=O) groups is 1. The molecule has 0 bridgehead atoms. The third-order valence-corrected chi connectivity index (χ3v) is 5.02. The van der Waals surface area contributed by atoms with Gasteiger partial charge in [0, 0.05) is 5.41 Å². The average molecular weight is 273 g/mol. The maximum absolute atomic E-state index is 11.5. The molecule has 0 unspecified atom stereocenters. The van der Waals surface area contributed by atoms with E-state index in [2.05, 4.69) is 29.2 Å². The summed E-state index contributed by atoms with van der Waals surface area (Å²) in [5.74, 6) is -0.300. The summed E-state index contributed by atoms with van der Waals surface area (Å²) < 4.78 is 4.75. The van der Waals surface area contributed by atoms with Crippen molar-refractivity contribution in [2.24, 2.45) is 0 Å². The summed E-state index contributed by atoms with van der Waals surface area (Å²) in [5.41, 5.74) is 1.31. The highest BCUT2D eigenvalue weighted by molar-refractivity contribution is 7.13. The largest absolute Gasteiger partial charge is 0.465 e. The predicted molar refractivity (Wildman–Crippen MR) is 74.5 cm³/mol. The van der Waals surface area contributed by atoms with Gasteiger partial charge in [0.25, 0.3) is 0 Å². The van der Waals surface area contributed by atoms with E-state index in [0.717, 1.165) is 17.8 Å². The van der Waals surface area contributed by atoms with Crippen LogP contribution in [0.3, 0.4) is 0 Å². The summed E-state index contributed by atoms with van der Waals surface area (Å²) in [7, 11) is 1.40. The van der Waals surface area contributed by atoms with Crippen LogP contribution in [0.2, 0.25) is 0 Å². The molecule has 0 aliphatic heterocycles. The van der Waals surface area contributed by atoms with E-state index >= 15 is 0 Å². The van der Waals surface area contributed by atoms with Crippen molar-refractivity contribution in [1.82, 2.24) is 4.98 Å². The zero-order valence-electron chi connectivity index (χ0n) is 10.8. The fraction of sp³-hybridized carbons (Fsp3) is 0.333. The Kier molecular flexibility index (Phi) is 3.11. The number of methoxy groups -OCH3 is 1. The molecule has 1 heterocycles. The van der Waals surface area contributed by atoms with Gasteiger partial charge in [-0.05, 0) is 18.4 Å². The number of ether oxygens (including phenoxy) is 1. The lowest BCUT2D eigenvalue weighted by molar-refractivity contribution is 0.0606. The molecule has 98 valence electrons. The van der Waals surface area contributed by atoms with E-state index in [0.29, 0.717) is 4.88 Å². The predicted octanol–water partition coefficient (Wildman–Crippen LogP) is 3.40. The van der Waals surface area contributed by atoms with E-state index in [-0.39, 0.29) is 11.4 Å². The maximum Gasteiger partial charge on any atom is 0.349 e. The van der Waals surface area contributed by atoms with Crippen LogP contribution in [-0.2, 0) is 10.2 Å². The second-order valence-corrected chi connectivity index (χ2v) is 5.85. The highest BCUT2D eigenvalue weighted by Crippen LogP contribution is 2.49. The lowest BCUT2D eigenvalue weighted by Gasteiger charge is -2.40. The fourth-order valence-corrected chi connectivity index (χ4v) is 3.71. The standard InChI is InChI=1S/C15H15NO2S/c1-18-13(17)12-10-16-14(19-12)15(8-5-9-15)11-6-3-2-4-7-11/h2-4,6-7,10H,5,8-9H2,1H3. The molecule has 1 aromatic heterocycles. The van der Waals surface area contributed by atoms with Gasteiger partial charge in [0.05, 0.1) is 13.3 Å². The molecule has 1 saturated carbocycles. The lowest BCUT2D eigenvalue weighted by atomic mass is 9.65. The highest BCUT2D eigenvalue weighted by Gasteiger charge is 2.43. The molecule has 0 saturated heterocycles. The number of rotatable bonds is 3. The van der Waals surface area contributed by atoms with Crippen LogP contribution < -0.4 is 0 Å². The Bertz CT molecular complexity index is 587. The van der Waals surface area contributed by atoms with E-state index in [4.69, 9.17) is 4.74 Å². The zero-order chi connectivity index (χ0) is 13.3. The number of aromatic nitrogens is 1. The molecule has 1 fully saturated rings. The molecule has 0 N–H and O–H groups in total. The summed E-state index contributed by atoms with van der Waals surface area (Å²) in [6.45, 7) is 0. The zero-order valence-corrected chi connectivity index (χ0v) is 11.6. The first-order valence-electron chi connectivity index (χ1n) is 6.36. The van der Waals surface area contributed by atoms with Gasteiger partial charge < -0.3 is 4.74 Å². The minimum absolute atomic E-state index is 0.0121. The molecular formula is C15H15NO2S. The SMILES string of the molecule is COC(=O)c1cnc(C2(c3ccccc3)CCC2)s1. The van der Waals surface area contributed by atoms with Crippen molar-refractivity contribution >= 4 is 17.3 Å². The lowest BCUT2D eigenvalue weighted by Crippen LogP contribution is -2.35. The number of hydrogen-bond acceptors (Lipinski definition) is 4. The van der Waals surface area contributed by atoms with E-state index in [1.165, 1.54) is 30.4 Å². The van der Waals surface area contributed by atoms with Crippen molar-refractivity contribution in [2.75, 3.05) is 7.11 Å². The molecule has 0 radical (unpaired) electrons. The smallest absolute Gasteiger partial charge is 0.349 e. The van der Waals surface area contributed by atoms with E-state index in [1.54, 1.807) is 6.20 Å². The van der Waals surface area contributed by atoms with Gasteiger partial charge in [-0.3, -0.25) is 0 Å². The van der Waals surface area contributed by atoms with E-state index in [1.807, 2.05) is 6.07 Å². The summed E-state index contributed by atoms with van der Waals surface area (Å²) in [4.78, 5) is 16.6. The second-order valence-electron chi connectivity index (χ2n) is 4.82. The highest BCUT2D eigenvalue weighted by atomic mass is 32.1. The van der Waals surface area contributed by atoms with Gasteiger partial charge in [-0.15, -0.1) is 11.3 Å². The van der Waals surface area contributed by atoms with Crippen LogP contribution in [0.5, 0.6) is 0 Å². The molecule has 19 heavy (non-hydrogen) atoms. The van der Waals surface area contributed by atoms with Gasteiger partial charge in [-0.2, -0.15) is 0 Å². The number of esters is 1.